The fourth-order valence-corrected chi connectivity index (χ4v) is 1.66. The number of methoxy groups -OCH3 is 1. The van der Waals surface area contributed by atoms with E-state index in [0.29, 0.717) is 24.1 Å². The van der Waals surface area contributed by atoms with Gasteiger partial charge in [-0.25, -0.2) is 19.9 Å². The zero-order valence-electron chi connectivity index (χ0n) is 10.2. The van der Waals surface area contributed by atoms with Crippen molar-refractivity contribution in [3.05, 3.63) is 30.6 Å². The van der Waals surface area contributed by atoms with E-state index in [0.717, 1.165) is 11.0 Å². The Morgan fingerprint density at radius 3 is 3.11 bits per heavy atom. The molecule has 0 bridgehead atoms. The van der Waals surface area contributed by atoms with Gasteiger partial charge in [-0.05, 0) is 6.07 Å². The van der Waals surface area contributed by atoms with Crippen LogP contribution in [-0.4, -0.2) is 37.2 Å². The van der Waals surface area contributed by atoms with Gasteiger partial charge in [0, 0.05) is 13.3 Å². The number of fused-ring (bicyclic) bond motifs is 1. The first-order chi connectivity index (χ1) is 9.36. The fourth-order valence-electron chi connectivity index (χ4n) is 1.66. The topological polar surface area (TPSA) is 102 Å². The van der Waals surface area contributed by atoms with Crippen molar-refractivity contribution >= 4 is 22.7 Å². The third kappa shape index (κ3) is 2.33. The summed E-state index contributed by atoms with van der Waals surface area (Å²) in [5.74, 6) is 1.83. The Labute approximate surface area is 108 Å². The van der Waals surface area contributed by atoms with Crippen molar-refractivity contribution in [2.24, 2.45) is 0 Å². The number of rotatable bonds is 4. The van der Waals surface area contributed by atoms with Gasteiger partial charge in [0.15, 0.2) is 11.6 Å². The van der Waals surface area contributed by atoms with Crippen LogP contribution in [0, 0.1) is 0 Å². The maximum Gasteiger partial charge on any atom is 0.161 e. The molecule has 19 heavy (non-hydrogen) atoms. The molecule has 0 aliphatic carbocycles. The number of anilines is 2. The van der Waals surface area contributed by atoms with Gasteiger partial charge in [-0.1, -0.05) is 0 Å². The molecule has 2 N–H and O–H groups in total. The zero-order valence-corrected chi connectivity index (χ0v) is 10.2. The molecule has 8 heteroatoms. The average molecular weight is 257 g/mol. The van der Waals surface area contributed by atoms with Crippen molar-refractivity contribution in [3.8, 4) is 0 Å². The molecule has 3 rings (SSSR count). The van der Waals surface area contributed by atoms with Gasteiger partial charge in [0.25, 0.3) is 0 Å². The summed E-state index contributed by atoms with van der Waals surface area (Å²) in [4.78, 5) is 16.7. The quantitative estimate of drug-likeness (QED) is 0.719. The van der Waals surface area contributed by atoms with E-state index in [2.05, 4.69) is 35.5 Å². The molecule has 0 unspecified atom stereocenters. The van der Waals surface area contributed by atoms with Crippen LogP contribution >= 0.6 is 0 Å². The Balaban J connectivity index is 2.03. The standard InChI is InChI=1S/C11H11N7O/c1-19-5-9-15-7-4-14-18-10(7)11(17-9)16-8-2-3-12-6-13-8/h2-4,6H,5H2,1H3,(H,14,18)(H,12,13,15,16,17). The molecule has 8 nitrogen and oxygen atoms in total. The SMILES string of the molecule is COCc1nc(Nc2ccncn2)c2[nH]ncc2n1. The van der Waals surface area contributed by atoms with Gasteiger partial charge in [-0.15, -0.1) is 0 Å². The number of nitrogens with one attached hydrogen (secondary N) is 2. The smallest absolute Gasteiger partial charge is 0.161 e. The molecule has 96 valence electrons. The molecule has 0 fully saturated rings. The predicted molar refractivity (Wildman–Crippen MR) is 67.7 cm³/mol. The van der Waals surface area contributed by atoms with Crippen molar-refractivity contribution in [2.45, 2.75) is 6.61 Å². The normalized spacial score (nSPS) is 10.8. The maximum atomic E-state index is 5.05. The van der Waals surface area contributed by atoms with Gasteiger partial charge in [0.2, 0.25) is 0 Å². The third-order valence-electron chi connectivity index (χ3n) is 2.45. The van der Waals surface area contributed by atoms with E-state index >= 15 is 0 Å². The Kier molecular flexibility index (Phi) is 2.99. The molecule has 0 aliphatic heterocycles. The lowest BCUT2D eigenvalue weighted by Crippen LogP contribution is -2.03. The van der Waals surface area contributed by atoms with E-state index in [-0.39, 0.29) is 0 Å². The monoisotopic (exact) mass is 257 g/mol. The number of hydrogen-bond donors (Lipinski definition) is 2. The molecule has 0 saturated heterocycles. The van der Waals surface area contributed by atoms with Crippen LogP contribution in [0.5, 0.6) is 0 Å². The van der Waals surface area contributed by atoms with Gasteiger partial charge in [-0.3, -0.25) is 5.10 Å². The van der Waals surface area contributed by atoms with Gasteiger partial charge in [-0.2, -0.15) is 5.10 Å². The number of hydrogen-bond acceptors (Lipinski definition) is 7. The Bertz CT molecular complexity index is 682. The number of ether oxygens (including phenoxy) is 1. The molecule has 3 heterocycles. The molecule has 0 amide bonds. The van der Waals surface area contributed by atoms with E-state index in [9.17, 15) is 0 Å². The van der Waals surface area contributed by atoms with E-state index < -0.39 is 0 Å². The van der Waals surface area contributed by atoms with Crippen molar-refractivity contribution in [2.75, 3.05) is 12.4 Å². The minimum Gasteiger partial charge on any atom is -0.377 e. The number of aromatic nitrogens is 6. The lowest BCUT2D eigenvalue weighted by molar-refractivity contribution is 0.178. The van der Waals surface area contributed by atoms with Crippen molar-refractivity contribution in [1.29, 1.82) is 0 Å². The van der Waals surface area contributed by atoms with Crippen LogP contribution in [-0.2, 0) is 11.3 Å². The van der Waals surface area contributed by atoms with Crippen molar-refractivity contribution < 1.29 is 4.74 Å². The maximum absolute atomic E-state index is 5.05. The predicted octanol–water partition coefficient (Wildman–Crippen LogP) is 1.03. The van der Waals surface area contributed by atoms with Crippen molar-refractivity contribution in [3.63, 3.8) is 0 Å². The number of H-pyrrole nitrogens is 1. The van der Waals surface area contributed by atoms with Gasteiger partial charge in [0.05, 0.1) is 6.20 Å². The van der Waals surface area contributed by atoms with E-state index in [1.54, 1.807) is 25.6 Å². The average Bonchev–Trinajstić information content (AvgIpc) is 2.89. The van der Waals surface area contributed by atoms with Crippen LogP contribution in [0.2, 0.25) is 0 Å². The van der Waals surface area contributed by atoms with Crippen LogP contribution in [0.3, 0.4) is 0 Å². The summed E-state index contributed by atoms with van der Waals surface area (Å²) in [5.41, 5.74) is 1.44. The number of nitrogens with zero attached hydrogens (tertiary/aromatic N) is 5. The Hall–Kier alpha value is -2.61. The molecule has 0 radical (unpaired) electrons. The zero-order chi connectivity index (χ0) is 13.1. The first-order valence-corrected chi connectivity index (χ1v) is 5.59. The molecular weight excluding hydrogens is 246 g/mol. The second kappa shape index (κ2) is 4.94. The van der Waals surface area contributed by atoms with E-state index in [4.69, 9.17) is 4.74 Å². The second-order valence-corrected chi connectivity index (χ2v) is 3.77. The van der Waals surface area contributed by atoms with Crippen molar-refractivity contribution in [1.82, 2.24) is 30.1 Å². The van der Waals surface area contributed by atoms with Crippen LogP contribution in [0.4, 0.5) is 11.6 Å². The highest BCUT2D eigenvalue weighted by molar-refractivity contribution is 5.86. The highest BCUT2D eigenvalue weighted by Crippen LogP contribution is 2.20. The molecule has 3 aromatic rings. The van der Waals surface area contributed by atoms with Gasteiger partial charge < -0.3 is 10.1 Å². The summed E-state index contributed by atoms with van der Waals surface area (Å²) < 4.78 is 5.05. The molecule has 3 aromatic heterocycles. The lowest BCUT2D eigenvalue weighted by Gasteiger charge is -2.07. The van der Waals surface area contributed by atoms with Gasteiger partial charge in [0.1, 0.15) is 29.8 Å². The Morgan fingerprint density at radius 2 is 2.32 bits per heavy atom. The summed E-state index contributed by atoms with van der Waals surface area (Å²) >= 11 is 0. The van der Waals surface area contributed by atoms with Crippen LogP contribution in [0.25, 0.3) is 11.0 Å². The second-order valence-electron chi connectivity index (χ2n) is 3.77. The molecule has 0 atom stereocenters. The fraction of sp³-hybridized carbons (Fsp3) is 0.182. The highest BCUT2D eigenvalue weighted by Gasteiger charge is 2.10. The first kappa shape index (κ1) is 11.5. The van der Waals surface area contributed by atoms with E-state index in [1.807, 2.05) is 0 Å². The first-order valence-electron chi connectivity index (χ1n) is 5.59. The number of aromatic amines is 1. The molecule has 0 aliphatic rings. The Morgan fingerprint density at radius 1 is 1.37 bits per heavy atom. The minimum absolute atomic E-state index is 0.333. The highest BCUT2D eigenvalue weighted by atomic mass is 16.5. The van der Waals surface area contributed by atoms with Crippen LogP contribution in [0.1, 0.15) is 5.82 Å². The molecule has 0 spiro atoms. The summed E-state index contributed by atoms with van der Waals surface area (Å²) in [6.07, 6.45) is 4.75. The third-order valence-corrected chi connectivity index (χ3v) is 2.45. The largest absolute Gasteiger partial charge is 0.377 e. The van der Waals surface area contributed by atoms with Gasteiger partial charge >= 0.3 is 0 Å². The summed E-state index contributed by atoms with van der Waals surface area (Å²) in [5, 5.41) is 9.92. The summed E-state index contributed by atoms with van der Waals surface area (Å²) in [6.45, 7) is 0.333. The lowest BCUT2D eigenvalue weighted by atomic mass is 10.4. The molecule has 0 saturated carbocycles. The van der Waals surface area contributed by atoms with E-state index in [1.165, 1.54) is 6.33 Å². The minimum atomic E-state index is 0.333. The van der Waals surface area contributed by atoms with Crippen LogP contribution in [0.15, 0.2) is 24.8 Å². The molecule has 0 aromatic carbocycles. The molecular formula is C11H11N7O. The van der Waals surface area contributed by atoms with Crippen LogP contribution < -0.4 is 5.32 Å². The summed E-state index contributed by atoms with van der Waals surface area (Å²) in [6, 6.07) is 1.75. The summed E-state index contributed by atoms with van der Waals surface area (Å²) in [7, 11) is 1.60.